The van der Waals surface area contributed by atoms with Crippen molar-refractivity contribution in [3.63, 3.8) is 0 Å². The second-order valence-corrected chi connectivity index (χ2v) is 6.31. The van der Waals surface area contributed by atoms with Gasteiger partial charge in [0.05, 0.1) is 0 Å². The van der Waals surface area contributed by atoms with Crippen molar-refractivity contribution >= 4 is 15.9 Å². The molecule has 94 valence electrons. The zero-order valence-corrected chi connectivity index (χ0v) is 12.0. The average Bonchev–Trinajstić information content (AvgIpc) is 2.97. The van der Waals surface area contributed by atoms with Crippen LogP contribution in [0.4, 0.5) is 4.39 Å². The first-order chi connectivity index (χ1) is 8.02. The Balaban J connectivity index is 1.86. The maximum atomic E-state index is 13.2. The summed E-state index contributed by atoms with van der Waals surface area (Å²) in [6, 6.07) is 5.04. The number of halogens is 2. The fraction of sp³-hybridized carbons (Fsp3) is 0.571. The normalized spacial score (nSPS) is 17.5. The Hall–Kier alpha value is -0.410. The van der Waals surface area contributed by atoms with Crippen molar-refractivity contribution in [2.24, 2.45) is 11.3 Å². The third kappa shape index (κ3) is 3.29. The first-order valence-corrected chi connectivity index (χ1v) is 6.97. The van der Waals surface area contributed by atoms with Gasteiger partial charge in [0.1, 0.15) is 5.82 Å². The summed E-state index contributed by atoms with van der Waals surface area (Å²) < 4.78 is 14.0. The van der Waals surface area contributed by atoms with Crippen LogP contribution in [0.1, 0.15) is 32.3 Å². The van der Waals surface area contributed by atoms with Gasteiger partial charge in [0.15, 0.2) is 0 Å². The highest BCUT2D eigenvalue weighted by Gasteiger charge is 2.44. The second-order valence-electron chi connectivity index (χ2n) is 5.40. The van der Waals surface area contributed by atoms with E-state index in [1.807, 2.05) is 6.07 Å². The molecule has 1 aromatic rings. The van der Waals surface area contributed by atoms with Crippen LogP contribution in [0, 0.1) is 17.2 Å². The quantitative estimate of drug-likeness (QED) is 0.862. The van der Waals surface area contributed by atoms with Crippen LogP contribution in [0.5, 0.6) is 0 Å². The topological polar surface area (TPSA) is 12.0 Å². The van der Waals surface area contributed by atoms with E-state index in [0.29, 0.717) is 5.41 Å². The predicted molar refractivity (Wildman–Crippen MR) is 72.3 cm³/mol. The maximum absolute atomic E-state index is 13.2. The van der Waals surface area contributed by atoms with Gasteiger partial charge in [-0.3, -0.25) is 0 Å². The lowest BCUT2D eigenvalue weighted by Gasteiger charge is -2.20. The molecule has 17 heavy (non-hydrogen) atoms. The van der Waals surface area contributed by atoms with Gasteiger partial charge in [-0.2, -0.15) is 0 Å². The lowest BCUT2D eigenvalue weighted by atomic mass is 9.92. The summed E-state index contributed by atoms with van der Waals surface area (Å²) >= 11 is 3.31. The van der Waals surface area contributed by atoms with E-state index in [-0.39, 0.29) is 5.82 Å². The van der Waals surface area contributed by atoms with Gasteiger partial charge in [0.2, 0.25) is 0 Å². The standard InChI is InChI=1S/C14H19BrFN/c1-10(2)14(3-4-14)9-17-8-11-5-12(15)7-13(16)6-11/h5-7,10,17H,3-4,8-9H2,1-2H3. The van der Waals surface area contributed by atoms with Gasteiger partial charge in [-0.15, -0.1) is 0 Å². The van der Waals surface area contributed by atoms with E-state index in [9.17, 15) is 4.39 Å². The van der Waals surface area contributed by atoms with Gasteiger partial charge >= 0.3 is 0 Å². The molecule has 0 aromatic heterocycles. The molecular weight excluding hydrogens is 281 g/mol. The lowest BCUT2D eigenvalue weighted by molar-refractivity contribution is 0.337. The van der Waals surface area contributed by atoms with Crippen LogP contribution < -0.4 is 5.32 Å². The van der Waals surface area contributed by atoms with Crippen LogP contribution in [0.3, 0.4) is 0 Å². The summed E-state index contributed by atoms with van der Waals surface area (Å²) in [6.45, 7) is 6.35. The molecule has 0 radical (unpaired) electrons. The van der Waals surface area contributed by atoms with Gasteiger partial charge < -0.3 is 5.32 Å². The molecule has 1 aromatic carbocycles. The molecule has 1 aliphatic carbocycles. The SMILES string of the molecule is CC(C)C1(CNCc2cc(F)cc(Br)c2)CC1. The summed E-state index contributed by atoms with van der Waals surface area (Å²) in [7, 11) is 0. The van der Waals surface area contributed by atoms with Crippen molar-refractivity contribution in [1.29, 1.82) is 0 Å². The molecular formula is C14H19BrFN. The zero-order valence-electron chi connectivity index (χ0n) is 10.4. The van der Waals surface area contributed by atoms with E-state index in [1.165, 1.54) is 18.9 Å². The smallest absolute Gasteiger partial charge is 0.124 e. The highest BCUT2D eigenvalue weighted by atomic mass is 79.9. The van der Waals surface area contributed by atoms with E-state index in [1.54, 1.807) is 6.07 Å². The Kier molecular flexibility index (Phi) is 3.88. The van der Waals surface area contributed by atoms with Crippen molar-refractivity contribution in [2.75, 3.05) is 6.54 Å². The van der Waals surface area contributed by atoms with Crippen LogP contribution >= 0.6 is 15.9 Å². The summed E-state index contributed by atoms with van der Waals surface area (Å²) in [5.41, 5.74) is 1.50. The Morgan fingerprint density at radius 3 is 2.59 bits per heavy atom. The lowest BCUT2D eigenvalue weighted by Crippen LogP contribution is -2.27. The fourth-order valence-electron chi connectivity index (χ4n) is 2.29. The highest BCUT2D eigenvalue weighted by molar-refractivity contribution is 9.10. The summed E-state index contributed by atoms with van der Waals surface area (Å²) in [5.74, 6) is 0.551. The van der Waals surface area contributed by atoms with E-state index in [2.05, 4.69) is 35.1 Å². The Labute approximate surface area is 111 Å². The molecule has 1 nitrogen and oxygen atoms in total. The molecule has 0 amide bonds. The maximum Gasteiger partial charge on any atom is 0.124 e. The van der Waals surface area contributed by atoms with Crippen LogP contribution in [0.15, 0.2) is 22.7 Å². The first kappa shape index (κ1) is 13.0. The number of hydrogen-bond acceptors (Lipinski definition) is 1. The van der Waals surface area contributed by atoms with Crippen molar-refractivity contribution < 1.29 is 4.39 Å². The van der Waals surface area contributed by atoms with Gasteiger partial charge in [-0.05, 0) is 47.9 Å². The third-order valence-corrected chi connectivity index (χ3v) is 4.30. The van der Waals surface area contributed by atoms with E-state index >= 15 is 0 Å². The summed E-state index contributed by atoms with van der Waals surface area (Å²) in [6.07, 6.45) is 2.65. The molecule has 0 bridgehead atoms. The average molecular weight is 300 g/mol. The minimum atomic E-state index is -0.179. The molecule has 1 fully saturated rings. The molecule has 0 unspecified atom stereocenters. The van der Waals surface area contributed by atoms with Gasteiger partial charge in [-0.1, -0.05) is 29.8 Å². The third-order valence-electron chi connectivity index (χ3n) is 3.85. The Morgan fingerprint density at radius 1 is 1.35 bits per heavy atom. The van der Waals surface area contributed by atoms with Gasteiger partial charge in [-0.25, -0.2) is 4.39 Å². The number of nitrogens with one attached hydrogen (secondary N) is 1. The minimum Gasteiger partial charge on any atom is -0.312 e. The van der Waals surface area contributed by atoms with Gasteiger partial charge in [0.25, 0.3) is 0 Å². The van der Waals surface area contributed by atoms with Crippen molar-refractivity contribution in [1.82, 2.24) is 5.32 Å². The minimum absolute atomic E-state index is 0.179. The number of rotatable bonds is 5. The highest BCUT2D eigenvalue weighted by Crippen LogP contribution is 2.51. The number of hydrogen-bond donors (Lipinski definition) is 1. The molecule has 0 aliphatic heterocycles. The Morgan fingerprint density at radius 2 is 2.06 bits per heavy atom. The van der Waals surface area contributed by atoms with Crippen molar-refractivity contribution in [3.05, 3.63) is 34.1 Å². The Bertz CT molecular complexity index is 379. The monoisotopic (exact) mass is 299 g/mol. The molecule has 1 saturated carbocycles. The van der Waals surface area contributed by atoms with Crippen LogP contribution in [-0.2, 0) is 6.54 Å². The van der Waals surface area contributed by atoms with Crippen molar-refractivity contribution in [3.8, 4) is 0 Å². The second kappa shape index (κ2) is 5.07. The molecule has 0 heterocycles. The molecule has 0 spiro atoms. The van der Waals surface area contributed by atoms with Crippen LogP contribution in [-0.4, -0.2) is 6.54 Å². The molecule has 2 rings (SSSR count). The van der Waals surface area contributed by atoms with Crippen LogP contribution in [0.25, 0.3) is 0 Å². The van der Waals surface area contributed by atoms with E-state index < -0.39 is 0 Å². The molecule has 1 aliphatic rings. The van der Waals surface area contributed by atoms with Crippen molar-refractivity contribution in [2.45, 2.75) is 33.2 Å². The molecule has 1 N–H and O–H groups in total. The molecule has 0 atom stereocenters. The fourth-order valence-corrected chi connectivity index (χ4v) is 2.80. The van der Waals surface area contributed by atoms with E-state index in [4.69, 9.17) is 0 Å². The molecule has 0 saturated heterocycles. The zero-order chi connectivity index (χ0) is 12.5. The summed E-state index contributed by atoms with van der Waals surface area (Å²) in [5, 5.41) is 3.45. The largest absolute Gasteiger partial charge is 0.312 e. The van der Waals surface area contributed by atoms with E-state index in [0.717, 1.165) is 29.0 Å². The van der Waals surface area contributed by atoms with Gasteiger partial charge in [0, 0.05) is 17.6 Å². The number of benzene rings is 1. The summed E-state index contributed by atoms with van der Waals surface area (Å²) in [4.78, 5) is 0. The van der Waals surface area contributed by atoms with Crippen LogP contribution in [0.2, 0.25) is 0 Å². The predicted octanol–water partition coefficient (Wildman–Crippen LogP) is 4.11. The first-order valence-electron chi connectivity index (χ1n) is 6.17. The molecule has 3 heteroatoms.